The summed E-state index contributed by atoms with van der Waals surface area (Å²) >= 11 is 0. The van der Waals surface area contributed by atoms with Crippen LogP contribution in [-0.4, -0.2) is 202 Å². The Morgan fingerprint density at radius 2 is 1.13 bits per heavy atom. The Morgan fingerprint density at radius 1 is 0.693 bits per heavy atom. The number of nitrogen functional groups attached to an aromatic ring is 2. The van der Waals surface area contributed by atoms with Crippen molar-refractivity contribution >= 4 is 73.1 Å². The van der Waals surface area contributed by atoms with E-state index in [-0.39, 0.29) is 113 Å². The number of nitrogens with one attached hydrogen (secondary N) is 3. The first-order valence-electron chi connectivity index (χ1n) is 23.1. The van der Waals surface area contributed by atoms with E-state index in [1.807, 2.05) is 0 Å². The number of hydrogen-bond acceptors (Lipinski definition) is 27. The minimum absolute atomic E-state index is 0.00180. The lowest BCUT2D eigenvalue weighted by atomic mass is 10.1. The highest BCUT2D eigenvalue weighted by Crippen LogP contribution is 2.54. The highest BCUT2D eigenvalue weighted by atomic mass is 31.2. The molecule has 35 heteroatoms. The van der Waals surface area contributed by atoms with Gasteiger partial charge in [0.05, 0.1) is 98.4 Å². The highest BCUT2D eigenvalue weighted by molar-refractivity contribution is 7.53. The summed E-state index contributed by atoms with van der Waals surface area (Å²) in [4.78, 5) is 99.5. The Bertz CT molecular complexity index is 2950. The van der Waals surface area contributed by atoms with Gasteiger partial charge in [-0.3, -0.25) is 56.7 Å². The molecular weight excluding hydrogens is 1050 g/mol. The van der Waals surface area contributed by atoms with Crippen molar-refractivity contribution in [1.82, 2.24) is 49.4 Å². The van der Waals surface area contributed by atoms with Crippen molar-refractivity contribution in [2.45, 2.75) is 61.9 Å². The minimum atomic E-state index is -4.22. The summed E-state index contributed by atoms with van der Waals surface area (Å²) in [6.07, 6.45) is -5.64. The van der Waals surface area contributed by atoms with Crippen molar-refractivity contribution in [2.75, 3.05) is 104 Å². The van der Waals surface area contributed by atoms with E-state index in [0.29, 0.717) is 5.06 Å². The van der Waals surface area contributed by atoms with Crippen LogP contribution in [0.5, 0.6) is 0 Å². The van der Waals surface area contributed by atoms with Gasteiger partial charge in [-0.25, -0.2) is 14.8 Å². The lowest BCUT2D eigenvalue weighted by molar-refractivity contribution is -0.196. The molecule has 0 radical (unpaired) electrons. The van der Waals surface area contributed by atoms with Gasteiger partial charge < -0.3 is 73.5 Å². The first-order valence-corrected chi connectivity index (χ1v) is 27.1. The molecule has 3 amide bonds. The van der Waals surface area contributed by atoms with Gasteiger partial charge in [-0.1, -0.05) is 5.06 Å². The molecule has 0 aliphatic carbocycles. The SMILES string of the molecule is CP1(=O)OC[C@H]2O[C@@H](n3cnc4c(=O)[nH]c(N)nc43)C(O)[C@H]2OP(C)(=O)OC[C@H]2O[C@@H](n3cnc4c(=O)[nH]c(N)nc43)[C@@H](NC(=O)CCOCCOCCOCCOCCOCCC(=O)ON3C(=O)C=CC3=O)C2O1. The van der Waals surface area contributed by atoms with Crippen LogP contribution in [0, 0.1) is 0 Å². The average Bonchev–Trinajstić information content (AvgIpc) is 4.19. The number of fused-ring (bicyclic) bond motifs is 4. The lowest BCUT2D eigenvalue weighted by Gasteiger charge is -2.30. The standard InChI is InChI=1S/C40H54N12O21P2/c1-74(60)68-18-22-32(30(57)38(70-22)51-20-44-29-34(51)47-40(42)49-36(29)59)73-75(2,61)67-17-21-31(72-74)27(37(69-21)50-19-43-28-33(50)46-39(41)48-35(28)58)45-23(53)5-7-62-9-11-64-13-15-66-16-14-65-12-10-63-8-6-26(56)71-52-24(54)3-4-25(52)55/h3-4,19-22,27,30-32,37-38,57H,5-18H2,1-2H3,(H,45,53)(H3,41,46,48,58)(H3,42,47,49,59)/t21-,22-,27+,30?,31?,32+,37-,38-,74?,75?/m1/s1. The molecule has 75 heavy (non-hydrogen) atoms. The number of H-pyrrole nitrogens is 2. The largest absolute Gasteiger partial charge is 0.386 e. The second-order valence-corrected chi connectivity index (χ2v) is 20.9. The summed E-state index contributed by atoms with van der Waals surface area (Å²) in [5, 5.41) is 14.8. The Kier molecular flexibility index (Phi) is 18.0. The molecule has 3 fully saturated rings. The number of aliphatic hydroxyl groups is 1. The molecule has 4 aromatic heterocycles. The van der Waals surface area contributed by atoms with Crippen molar-refractivity contribution in [3.05, 3.63) is 45.5 Å². The van der Waals surface area contributed by atoms with Gasteiger partial charge in [0.25, 0.3) is 22.9 Å². The second kappa shape index (κ2) is 24.4. The van der Waals surface area contributed by atoms with Crippen LogP contribution in [0.2, 0.25) is 0 Å². The fraction of sp³-hybridized carbons (Fsp3) is 0.600. The van der Waals surface area contributed by atoms with Gasteiger partial charge in [0.2, 0.25) is 17.8 Å². The van der Waals surface area contributed by atoms with Crippen LogP contribution in [0.4, 0.5) is 11.9 Å². The van der Waals surface area contributed by atoms with Crippen LogP contribution in [0.3, 0.4) is 0 Å². The molecule has 4 aliphatic heterocycles. The van der Waals surface area contributed by atoms with Gasteiger partial charge in [0.1, 0.15) is 36.6 Å². The van der Waals surface area contributed by atoms with Gasteiger partial charge in [0.15, 0.2) is 34.8 Å². The van der Waals surface area contributed by atoms with Crippen LogP contribution in [0.1, 0.15) is 25.3 Å². The Labute approximate surface area is 422 Å². The number of ether oxygens (including phenoxy) is 7. The maximum absolute atomic E-state index is 14.3. The van der Waals surface area contributed by atoms with E-state index in [2.05, 4.69) is 35.2 Å². The molecule has 0 spiro atoms. The van der Waals surface area contributed by atoms with Crippen LogP contribution < -0.4 is 27.9 Å². The number of rotatable bonds is 22. The van der Waals surface area contributed by atoms with E-state index in [4.69, 9.17) is 67.6 Å². The number of imidazole rings is 2. The zero-order valence-corrected chi connectivity index (χ0v) is 41.9. The van der Waals surface area contributed by atoms with Gasteiger partial charge in [-0.05, 0) is 0 Å². The number of aliphatic hydroxyl groups excluding tert-OH is 1. The summed E-state index contributed by atoms with van der Waals surface area (Å²) < 4.78 is 94.4. The predicted octanol–water partition coefficient (Wildman–Crippen LogP) is -2.23. The van der Waals surface area contributed by atoms with E-state index < -0.39 is 112 Å². The summed E-state index contributed by atoms with van der Waals surface area (Å²) in [6, 6.07) is -1.26. The fourth-order valence-electron chi connectivity index (χ4n) is 7.97. The number of aromatic nitrogens is 8. The van der Waals surface area contributed by atoms with Gasteiger partial charge in [0, 0.05) is 31.9 Å². The number of hydrogen-bond donors (Lipinski definition) is 6. The maximum atomic E-state index is 14.3. The smallest absolute Gasteiger partial charge is 0.335 e. The summed E-state index contributed by atoms with van der Waals surface area (Å²) in [6.45, 7) is 2.79. The first-order chi connectivity index (χ1) is 35.9. The van der Waals surface area contributed by atoms with Crippen molar-refractivity contribution in [3.63, 3.8) is 0 Å². The molecule has 8 rings (SSSR count). The van der Waals surface area contributed by atoms with Crippen molar-refractivity contribution in [3.8, 4) is 0 Å². The lowest BCUT2D eigenvalue weighted by Crippen LogP contribution is -2.48. The average molecular weight is 1100 g/mol. The third kappa shape index (κ3) is 13.8. The quantitative estimate of drug-likeness (QED) is 0.0275. The number of carbonyl (C=O) groups excluding carboxylic acids is 4. The van der Waals surface area contributed by atoms with E-state index in [1.165, 1.54) is 21.8 Å². The molecule has 8 N–H and O–H groups in total. The molecule has 33 nitrogen and oxygen atoms in total. The number of amides is 3. The normalized spacial score (nSPS) is 28.1. The summed E-state index contributed by atoms with van der Waals surface area (Å²) in [5.74, 6) is -3.35. The maximum Gasteiger partial charge on any atom is 0.335 e. The van der Waals surface area contributed by atoms with Gasteiger partial charge >= 0.3 is 21.2 Å². The topological polar surface area (TPSA) is 428 Å². The second-order valence-electron chi connectivity index (χ2n) is 16.9. The molecule has 4 unspecified atom stereocenters. The monoisotopic (exact) mass is 1100 g/mol. The molecule has 8 heterocycles. The fourth-order valence-corrected chi connectivity index (χ4v) is 10.3. The van der Waals surface area contributed by atoms with Crippen molar-refractivity contribution < 1.29 is 89.5 Å². The number of anilines is 2. The molecular formula is C40H54N12O21P2. The van der Waals surface area contributed by atoms with E-state index in [0.717, 1.165) is 25.5 Å². The molecule has 4 aromatic rings. The van der Waals surface area contributed by atoms with Crippen LogP contribution >= 0.6 is 15.2 Å². The molecule has 0 bridgehead atoms. The van der Waals surface area contributed by atoms with Crippen LogP contribution in [0.15, 0.2) is 34.4 Å². The van der Waals surface area contributed by atoms with E-state index >= 15 is 0 Å². The number of nitrogens with zero attached hydrogens (tertiary/aromatic N) is 7. The molecule has 4 aliphatic rings. The molecule has 10 atom stereocenters. The number of hydroxylamine groups is 2. The predicted molar refractivity (Wildman–Crippen MR) is 250 cm³/mol. The van der Waals surface area contributed by atoms with Gasteiger partial charge in [-0.15, -0.1) is 0 Å². The van der Waals surface area contributed by atoms with Crippen molar-refractivity contribution in [2.24, 2.45) is 0 Å². The molecule has 410 valence electrons. The zero-order valence-electron chi connectivity index (χ0n) is 40.1. The Balaban J connectivity index is 0.812. The highest BCUT2D eigenvalue weighted by Gasteiger charge is 2.53. The number of aromatic amines is 2. The molecule has 3 saturated heterocycles. The molecule has 0 aromatic carbocycles. The van der Waals surface area contributed by atoms with Crippen molar-refractivity contribution in [1.29, 1.82) is 0 Å². The third-order valence-corrected chi connectivity index (χ3v) is 13.9. The zero-order chi connectivity index (χ0) is 53.4. The van der Waals surface area contributed by atoms with E-state index in [9.17, 15) is 43.0 Å². The van der Waals surface area contributed by atoms with Crippen LogP contribution in [0.25, 0.3) is 22.3 Å². The third-order valence-electron chi connectivity index (χ3n) is 11.4. The number of nitrogens with two attached hydrogens (primary N) is 2. The number of carbonyl (C=O) groups is 4. The summed E-state index contributed by atoms with van der Waals surface area (Å²) in [7, 11) is -8.41. The first kappa shape index (κ1) is 55.3. The van der Waals surface area contributed by atoms with Crippen LogP contribution in [-0.2, 0) is 84.4 Å². The summed E-state index contributed by atoms with van der Waals surface area (Å²) in [5.41, 5.74) is 9.99. The Morgan fingerprint density at radius 3 is 1.65 bits per heavy atom. The Hall–Kier alpha value is -5.90. The molecule has 0 saturated carbocycles. The van der Waals surface area contributed by atoms with E-state index in [1.54, 1.807) is 0 Å². The van der Waals surface area contributed by atoms with Gasteiger partial charge in [-0.2, -0.15) is 9.97 Å². The minimum Gasteiger partial charge on any atom is -0.386 e. The number of imide groups is 1.